The molecular weight excluding hydrogens is 238 g/mol. The topological polar surface area (TPSA) is 68.2 Å². The number of aliphatic hydroxyl groups is 1. The van der Waals surface area contributed by atoms with Gasteiger partial charge in [-0.2, -0.15) is 0 Å². The number of ether oxygens (including phenoxy) is 3. The van der Waals surface area contributed by atoms with E-state index in [1.807, 2.05) is 0 Å². The van der Waals surface area contributed by atoms with Crippen LogP contribution in [-0.2, 0) is 14.2 Å². The van der Waals surface area contributed by atoms with Crippen molar-refractivity contribution in [2.24, 2.45) is 0 Å². The van der Waals surface area contributed by atoms with Gasteiger partial charge in [0, 0.05) is 13.7 Å². The Labute approximate surface area is 108 Å². The molecule has 0 saturated carbocycles. The van der Waals surface area contributed by atoms with Crippen molar-refractivity contribution in [1.82, 2.24) is 4.90 Å². The Hall–Kier alpha value is -0.850. The van der Waals surface area contributed by atoms with Gasteiger partial charge < -0.3 is 19.3 Å². The number of carbonyl (C=O) groups is 1. The van der Waals surface area contributed by atoms with E-state index in [1.54, 1.807) is 20.8 Å². The van der Waals surface area contributed by atoms with Crippen molar-refractivity contribution < 1.29 is 24.1 Å². The van der Waals surface area contributed by atoms with Gasteiger partial charge in [0.25, 0.3) is 0 Å². The molecule has 1 fully saturated rings. The van der Waals surface area contributed by atoms with Crippen LogP contribution in [0.4, 0.5) is 4.79 Å². The molecule has 18 heavy (non-hydrogen) atoms. The fourth-order valence-electron chi connectivity index (χ4n) is 1.79. The highest BCUT2D eigenvalue weighted by atomic mass is 16.7. The second-order valence-corrected chi connectivity index (χ2v) is 5.34. The molecule has 0 radical (unpaired) electrons. The molecule has 2 atom stereocenters. The molecule has 1 amide bonds. The standard InChI is InChI=1S/C12H23NO5/c1-12(2,3)18-11(15)13-7-5-6-9(10(13)14)17-8-16-4/h9-10,14H,5-8H2,1-4H3/t9-,10?/m0/s1. The van der Waals surface area contributed by atoms with Crippen molar-refractivity contribution >= 4 is 6.09 Å². The lowest BCUT2D eigenvalue weighted by molar-refractivity contribution is -0.165. The summed E-state index contributed by atoms with van der Waals surface area (Å²) < 4.78 is 15.4. The first-order valence-electron chi connectivity index (χ1n) is 6.13. The Morgan fingerprint density at radius 1 is 1.44 bits per heavy atom. The minimum Gasteiger partial charge on any atom is -0.444 e. The zero-order valence-electron chi connectivity index (χ0n) is 11.5. The quantitative estimate of drug-likeness (QED) is 0.776. The number of methoxy groups -OCH3 is 1. The van der Waals surface area contributed by atoms with Gasteiger partial charge in [-0.15, -0.1) is 0 Å². The van der Waals surface area contributed by atoms with E-state index in [-0.39, 0.29) is 6.79 Å². The summed E-state index contributed by atoms with van der Waals surface area (Å²) in [6.07, 6.45) is -0.454. The van der Waals surface area contributed by atoms with Crippen LogP contribution in [0.1, 0.15) is 33.6 Å². The lowest BCUT2D eigenvalue weighted by Gasteiger charge is -2.38. The van der Waals surface area contributed by atoms with Crippen LogP contribution in [0.5, 0.6) is 0 Å². The number of amides is 1. The highest BCUT2D eigenvalue weighted by Gasteiger charge is 2.35. The maximum atomic E-state index is 11.9. The number of carbonyl (C=O) groups excluding carboxylic acids is 1. The van der Waals surface area contributed by atoms with Crippen LogP contribution in [0.15, 0.2) is 0 Å². The first-order valence-corrected chi connectivity index (χ1v) is 6.13. The predicted octanol–water partition coefficient (Wildman–Crippen LogP) is 1.32. The first kappa shape index (κ1) is 15.2. The van der Waals surface area contributed by atoms with Gasteiger partial charge in [-0.3, -0.25) is 4.90 Å². The van der Waals surface area contributed by atoms with Crippen LogP contribution in [0.2, 0.25) is 0 Å². The maximum absolute atomic E-state index is 11.9. The molecule has 1 aliphatic rings. The van der Waals surface area contributed by atoms with Crippen LogP contribution in [0.3, 0.4) is 0 Å². The number of rotatable bonds is 3. The normalized spacial score (nSPS) is 25.1. The summed E-state index contributed by atoms with van der Waals surface area (Å²) in [6, 6.07) is 0. The molecule has 1 saturated heterocycles. The zero-order valence-corrected chi connectivity index (χ0v) is 11.5. The molecule has 1 unspecified atom stereocenters. The molecule has 1 aliphatic heterocycles. The number of hydrogen-bond acceptors (Lipinski definition) is 5. The molecular formula is C12H23NO5. The average Bonchev–Trinajstić information content (AvgIpc) is 2.25. The van der Waals surface area contributed by atoms with Crippen LogP contribution < -0.4 is 0 Å². The van der Waals surface area contributed by atoms with Gasteiger partial charge in [0.15, 0.2) is 6.23 Å². The number of aliphatic hydroxyl groups excluding tert-OH is 1. The highest BCUT2D eigenvalue weighted by Crippen LogP contribution is 2.21. The van der Waals surface area contributed by atoms with Crippen molar-refractivity contribution in [3.8, 4) is 0 Å². The third-order valence-electron chi connectivity index (χ3n) is 2.57. The predicted molar refractivity (Wildman–Crippen MR) is 64.9 cm³/mol. The van der Waals surface area contributed by atoms with E-state index in [0.29, 0.717) is 13.0 Å². The lowest BCUT2D eigenvalue weighted by Crippen LogP contribution is -2.53. The van der Waals surface area contributed by atoms with Gasteiger partial charge in [-0.25, -0.2) is 4.79 Å². The van der Waals surface area contributed by atoms with Crippen LogP contribution in [0, 0.1) is 0 Å². The number of piperidine rings is 1. The molecule has 1 heterocycles. The van der Waals surface area contributed by atoms with Crippen molar-refractivity contribution in [2.75, 3.05) is 20.4 Å². The largest absolute Gasteiger partial charge is 0.444 e. The van der Waals surface area contributed by atoms with Gasteiger partial charge in [-0.1, -0.05) is 0 Å². The number of likely N-dealkylation sites (tertiary alicyclic amines) is 1. The smallest absolute Gasteiger partial charge is 0.412 e. The molecule has 0 aromatic heterocycles. The van der Waals surface area contributed by atoms with Gasteiger partial charge in [0.05, 0.1) is 0 Å². The molecule has 0 bridgehead atoms. The SMILES string of the molecule is COCO[C@H]1CCCN(C(=O)OC(C)(C)C)C1O. The Balaban J connectivity index is 2.57. The third-order valence-corrected chi connectivity index (χ3v) is 2.57. The van der Waals surface area contributed by atoms with E-state index >= 15 is 0 Å². The van der Waals surface area contributed by atoms with Gasteiger partial charge >= 0.3 is 6.09 Å². The third kappa shape index (κ3) is 4.44. The monoisotopic (exact) mass is 261 g/mol. The Morgan fingerprint density at radius 3 is 2.67 bits per heavy atom. The average molecular weight is 261 g/mol. The van der Waals surface area contributed by atoms with Crippen molar-refractivity contribution in [2.45, 2.75) is 51.5 Å². The van der Waals surface area contributed by atoms with Crippen molar-refractivity contribution in [3.05, 3.63) is 0 Å². The molecule has 1 N–H and O–H groups in total. The summed E-state index contributed by atoms with van der Waals surface area (Å²) >= 11 is 0. The van der Waals surface area contributed by atoms with Crippen LogP contribution in [-0.4, -0.2) is 54.5 Å². The molecule has 1 rings (SSSR count). The molecule has 0 aliphatic carbocycles. The zero-order chi connectivity index (χ0) is 13.8. The van der Waals surface area contributed by atoms with Crippen LogP contribution >= 0.6 is 0 Å². The summed E-state index contributed by atoms with van der Waals surface area (Å²) in [5.41, 5.74) is -0.572. The maximum Gasteiger partial charge on any atom is 0.412 e. The van der Waals surface area contributed by atoms with Gasteiger partial charge in [-0.05, 0) is 33.6 Å². The fourth-order valence-corrected chi connectivity index (χ4v) is 1.79. The second-order valence-electron chi connectivity index (χ2n) is 5.34. The van der Waals surface area contributed by atoms with E-state index in [1.165, 1.54) is 12.0 Å². The van der Waals surface area contributed by atoms with Crippen molar-refractivity contribution in [1.29, 1.82) is 0 Å². The molecule has 6 heteroatoms. The summed E-state index contributed by atoms with van der Waals surface area (Å²) in [4.78, 5) is 13.2. The molecule has 106 valence electrons. The molecule has 0 spiro atoms. The second kappa shape index (κ2) is 6.36. The Kier molecular flexibility index (Phi) is 5.37. The van der Waals surface area contributed by atoms with Crippen molar-refractivity contribution in [3.63, 3.8) is 0 Å². The van der Waals surface area contributed by atoms with Gasteiger partial charge in [0.1, 0.15) is 18.5 Å². The van der Waals surface area contributed by atoms with E-state index < -0.39 is 24.0 Å². The lowest BCUT2D eigenvalue weighted by atomic mass is 10.1. The molecule has 0 aromatic carbocycles. The fraction of sp³-hybridized carbons (Fsp3) is 0.917. The van der Waals surface area contributed by atoms with E-state index in [2.05, 4.69) is 0 Å². The summed E-state index contributed by atoms with van der Waals surface area (Å²) in [5, 5.41) is 10.1. The summed E-state index contributed by atoms with van der Waals surface area (Å²) in [7, 11) is 1.51. The Bertz CT molecular complexity index is 276. The van der Waals surface area contributed by atoms with E-state index in [4.69, 9.17) is 14.2 Å². The van der Waals surface area contributed by atoms with E-state index in [0.717, 1.165) is 6.42 Å². The van der Waals surface area contributed by atoms with E-state index in [9.17, 15) is 9.90 Å². The number of hydrogen-bond donors (Lipinski definition) is 1. The molecule has 0 aromatic rings. The minimum atomic E-state index is -0.983. The highest BCUT2D eigenvalue weighted by molar-refractivity contribution is 5.68. The summed E-state index contributed by atoms with van der Waals surface area (Å²) in [5.74, 6) is 0. The van der Waals surface area contributed by atoms with Gasteiger partial charge in [0.2, 0.25) is 0 Å². The minimum absolute atomic E-state index is 0.101. The number of nitrogens with zero attached hydrogens (tertiary/aromatic N) is 1. The Morgan fingerprint density at radius 2 is 2.11 bits per heavy atom. The summed E-state index contributed by atoms with van der Waals surface area (Å²) in [6.45, 7) is 5.95. The first-order chi connectivity index (χ1) is 8.35. The molecule has 6 nitrogen and oxygen atoms in total. The van der Waals surface area contributed by atoms with Crippen LogP contribution in [0.25, 0.3) is 0 Å².